The van der Waals surface area contributed by atoms with Crippen LogP contribution in [0.2, 0.25) is 0 Å². The first-order chi connectivity index (χ1) is 19.7. The number of amides is 1. The van der Waals surface area contributed by atoms with E-state index in [9.17, 15) is 17.6 Å². The van der Waals surface area contributed by atoms with Crippen molar-refractivity contribution < 1.29 is 22.3 Å². The van der Waals surface area contributed by atoms with Gasteiger partial charge in [0.2, 0.25) is 10.0 Å². The highest BCUT2D eigenvalue weighted by Crippen LogP contribution is 2.37. The van der Waals surface area contributed by atoms with Gasteiger partial charge in [-0.25, -0.2) is 17.9 Å². The van der Waals surface area contributed by atoms with Crippen LogP contribution in [0.1, 0.15) is 16.1 Å². The molecule has 208 valence electrons. The topological polar surface area (TPSA) is 116 Å². The van der Waals surface area contributed by atoms with Crippen molar-refractivity contribution in [2.45, 2.75) is 17.9 Å². The van der Waals surface area contributed by atoms with Crippen LogP contribution in [0.15, 0.2) is 108 Å². The number of sulfonamides is 1. The first kappa shape index (κ1) is 27.8. The molecule has 0 saturated carbocycles. The molecule has 0 bridgehead atoms. The van der Waals surface area contributed by atoms with Crippen LogP contribution >= 0.6 is 0 Å². The van der Waals surface area contributed by atoms with Gasteiger partial charge in [0.1, 0.15) is 11.4 Å². The molecule has 0 fully saturated rings. The van der Waals surface area contributed by atoms with Crippen molar-refractivity contribution in [3.05, 3.63) is 120 Å². The molecule has 0 aliphatic heterocycles. The Morgan fingerprint density at radius 1 is 0.927 bits per heavy atom. The number of aryl methyl sites for hydroxylation is 2. The van der Waals surface area contributed by atoms with Crippen LogP contribution in [0.25, 0.3) is 22.4 Å². The van der Waals surface area contributed by atoms with E-state index in [1.54, 1.807) is 47.1 Å². The van der Waals surface area contributed by atoms with Crippen molar-refractivity contribution in [2.75, 3.05) is 12.4 Å². The summed E-state index contributed by atoms with van der Waals surface area (Å²) in [6.45, 7) is 0.350. The minimum Gasteiger partial charge on any atom is -0.494 e. The molecular formula is C31H27FN4O4S. The largest absolute Gasteiger partial charge is 0.494 e. The summed E-state index contributed by atoms with van der Waals surface area (Å²) in [5.74, 6) is -0.984. The van der Waals surface area contributed by atoms with E-state index in [1.165, 1.54) is 31.4 Å². The van der Waals surface area contributed by atoms with Gasteiger partial charge in [-0.05, 0) is 53.9 Å². The molecule has 1 amide bonds. The second-order valence-electron chi connectivity index (χ2n) is 9.27. The molecule has 1 heterocycles. The lowest BCUT2D eigenvalue weighted by Gasteiger charge is -2.12. The minimum absolute atomic E-state index is 0.0551. The van der Waals surface area contributed by atoms with Crippen LogP contribution in [0.3, 0.4) is 0 Å². The van der Waals surface area contributed by atoms with Gasteiger partial charge in [0.25, 0.3) is 5.91 Å². The van der Waals surface area contributed by atoms with Gasteiger partial charge in [-0.15, -0.1) is 0 Å². The molecule has 10 heteroatoms. The predicted octanol–water partition coefficient (Wildman–Crippen LogP) is 5.51. The highest BCUT2D eigenvalue weighted by Gasteiger charge is 2.27. The van der Waals surface area contributed by atoms with Gasteiger partial charge in [0.05, 0.1) is 12.0 Å². The summed E-state index contributed by atoms with van der Waals surface area (Å²) < 4.78 is 45.4. The van der Waals surface area contributed by atoms with Crippen LogP contribution in [0, 0.1) is 5.82 Å². The van der Waals surface area contributed by atoms with Crippen LogP contribution in [0.4, 0.5) is 10.1 Å². The number of rotatable bonds is 9. The highest BCUT2D eigenvalue weighted by atomic mass is 32.2. The molecule has 5 rings (SSSR count). The fourth-order valence-electron chi connectivity index (χ4n) is 4.55. The van der Waals surface area contributed by atoms with E-state index in [1.807, 2.05) is 36.4 Å². The Morgan fingerprint density at radius 2 is 1.56 bits per heavy atom. The number of carbonyl (C=O) groups is 1. The number of methoxy groups -OCH3 is 1. The molecule has 0 aliphatic carbocycles. The molecule has 0 saturated heterocycles. The Hall–Kier alpha value is -4.80. The summed E-state index contributed by atoms with van der Waals surface area (Å²) in [6, 6.07) is 29.1. The van der Waals surface area contributed by atoms with E-state index < -0.39 is 21.7 Å². The van der Waals surface area contributed by atoms with E-state index in [4.69, 9.17) is 15.0 Å². The number of primary sulfonamides is 1. The fraction of sp³-hybridized carbons (Fsp3) is 0.0968. The van der Waals surface area contributed by atoms with Gasteiger partial charge >= 0.3 is 0 Å². The molecule has 41 heavy (non-hydrogen) atoms. The number of hydrogen-bond acceptors (Lipinski definition) is 5. The van der Waals surface area contributed by atoms with Crippen molar-refractivity contribution in [1.29, 1.82) is 0 Å². The van der Waals surface area contributed by atoms with Gasteiger partial charge in [-0.2, -0.15) is 5.10 Å². The Kier molecular flexibility index (Phi) is 7.95. The van der Waals surface area contributed by atoms with E-state index in [0.717, 1.165) is 5.56 Å². The molecule has 0 spiro atoms. The van der Waals surface area contributed by atoms with Gasteiger partial charge in [-0.3, -0.25) is 9.48 Å². The number of nitrogens with one attached hydrogen (secondary N) is 1. The lowest BCUT2D eigenvalue weighted by molar-refractivity contribution is 0.101. The summed E-state index contributed by atoms with van der Waals surface area (Å²) in [5, 5.41) is 13.0. The second-order valence-corrected chi connectivity index (χ2v) is 10.8. The van der Waals surface area contributed by atoms with Crippen LogP contribution in [-0.2, 0) is 23.0 Å². The van der Waals surface area contributed by atoms with Crippen molar-refractivity contribution >= 4 is 21.6 Å². The molecule has 1 aromatic heterocycles. The summed E-state index contributed by atoms with van der Waals surface area (Å²) in [6.07, 6.45) is 0.578. The number of hydrogen-bond donors (Lipinski definition) is 2. The van der Waals surface area contributed by atoms with Crippen LogP contribution in [0.5, 0.6) is 5.75 Å². The number of anilines is 1. The average molecular weight is 571 g/mol. The van der Waals surface area contributed by atoms with E-state index in [-0.39, 0.29) is 16.3 Å². The van der Waals surface area contributed by atoms with Gasteiger partial charge in [0.15, 0.2) is 11.6 Å². The Balaban J connectivity index is 1.70. The molecule has 0 atom stereocenters. The third-order valence-electron chi connectivity index (χ3n) is 6.55. The number of nitrogens with two attached hydrogens (primary N) is 1. The number of aromatic nitrogens is 2. The van der Waals surface area contributed by atoms with Crippen LogP contribution < -0.4 is 15.2 Å². The maximum atomic E-state index is 15.0. The molecule has 0 unspecified atom stereocenters. The normalized spacial score (nSPS) is 11.3. The number of nitrogens with zero attached hydrogens (tertiary/aromatic N) is 2. The Morgan fingerprint density at radius 3 is 2.17 bits per heavy atom. The lowest BCUT2D eigenvalue weighted by atomic mass is 9.98. The summed E-state index contributed by atoms with van der Waals surface area (Å²) in [7, 11) is -2.55. The summed E-state index contributed by atoms with van der Waals surface area (Å²) >= 11 is 0. The number of para-hydroxylation sites is 1. The zero-order chi connectivity index (χ0) is 29.0. The molecule has 3 N–H and O–H groups in total. The molecule has 4 aromatic carbocycles. The van der Waals surface area contributed by atoms with E-state index >= 15 is 0 Å². The maximum Gasteiger partial charge on any atom is 0.274 e. The quantitative estimate of drug-likeness (QED) is 0.243. The predicted molar refractivity (Wildman–Crippen MR) is 156 cm³/mol. The Bertz CT molecular complexity index is 1790. The standard InChI is InChI=1S/C31H27FN4O4S/c1-40-27-17-14-23(20-26(27)32)28-29(22-12-15-25(16-13-22)41(33,38)39)35-36(19-18-21-8-4-2-5-9-21)30(28)31(37)34-24-10-6-3-7-11-24/h2-17,20H,18-19H2,1H3,(H,34,37)(H2,33,38,39). The zero-order valence-corrected chi connectivity index (χ0v) is 22.9. The van der Waals surface area contributed by atoms with Crippen LogP contribution in [-0.4, -0.2) is 31.2 Å². The van der Waals surface area contributed by atoms with E-state index in [0.29, 0.717) is 41.0 Å². The molecule has 5 aromatic rings. The number of ether oxygens (including phenoxy) is 1. The average Bonchev–Trinajstić information content (AvgIpc) is 3.36. The van der Waals surface area contributed by atoms with E-state index in [2.05, 4.69) is 5.32 Å². The smallest absolute Gasteiger partial charge is 0.274 e. The van der Waals surface area contributed by atoms with Gasteiger partial charge in [-0.1, -0.05) is 66.7 Å². The lowest BCUT2D eigenvalue weighted by Crippen LogP contribution is -2.19. The maximum absolute atomic E-state index is 15.0. The first-order valence-corrected chi connectivity index (χ1v) is 14.3. The van der Waals surface area contributed by atoms with Gasteiger partial charge < -0.3 is 10.1 Å². The monoisotopic (exact) mass is 570 g/mol. The summed E-state index contributed by atoms with van der Waals surface area (Å²) in [5.41, 5.74) is 3.54. The molecule has 0 radical (unpaired) electrons. The second kappa shape index (κ2) is 11.7. The fourth-order valence-corrected chi connectivity index (χ4v) is 5.06. The molecule has 0 aliphatic rings. The first-order valence-electron chi connectivity index (χ1n) is 12.7. The molecule has 8 nitrogen and oxygen atoms in total. The summed E-state index contributed by atoms with van der Waals surface area (Å²) in [4.78, 5) is 13.8. The van der Waals surface area contributed by atoms with Crippen molar-refractivity contribution in [1.82, 2.24) is 9.78 Å². The highest BCUT2D eigenvalue weighted by molar-refractivity contribution is 7.89. The molecular weight excluding hydrogens is 543 g/mol. The zero-order valence-electron chi connectivity index (χ0n) is 22.1. The van der Waals surface area contributed by atoms with Crippen molar-refractivity contribution in [2.24, 2.45) is 5.14 Å². The number of halogens is 1. The van der Waals surface area contributed by atoms with Crippen molar-refractivity contribution in [3.8, 4) is 28.1 Å². The minimum atomic E-state index is -3.92. The van der Waals surface area contributed by atoms with Gasteiger partial charge in [0, 0.05) is 23.4 Å². The number of benzene rings is 4. The Labute approximate surface area is 237 Å². The third-order valence-corrected chi connectivity index (χ3v) is 7.48. The van der Waals surface area contributed by atoms with Crippen molar-refractivity contribution in [3.63, 3.8) is 0 Å². The number of carbonyl (C=O) groups excluding carboxylic acids is 1. The third kappa shape index (κ3) is 6.19. The SMILES string of the molecule is COc1ccc(-c2c(-c3ccc(S(N)(=O)=O)cc3)nn(CCc3ccccc3)c2C(=O)Nc2ccccc2)cc1F.